The van der Waals surface area contributed by atoms with Crippen molar-refractivity contribution < 1.29 is 18.3 Å². The standard InChI is InChI=1S/C25H34N2O4S/c1-19-10-14-26(15-11-19)22-12-16-27(17-13-22)32(29,30)24-18-21(8-9-23(24)31-2)25(28)20-6-4-3-5-7-20/h3-9,18-19,22,25,28H,10-17H2,1-2H3. The molecule has 0 amide bonds. The lowest BCUT2D eigenvalue weighted by Crippen LogP contribution is -2.48. The predicted molar refractivity (Wildman–Crippen MR) is 125 cm³/mol. The summed E-state index contributed by atoms with van der Waals surface area (Å²) in [6.07, 6.45) is 3.26. The number of hydrogen-bond acceptors (Lipinski definition) is 5. The molecule has 2 aromatic rings. The maximum absolute atomic E-state index is 13.6. The van der Waals surface area contributed by atoms with Crippen LogP contribution in [0.1, 0.15) is 49.8 Å². The molecule has 1 atom stereocenters. The number of piperidine rings is 2. The summed E-state index contributed by atoms with van der Waals surface area (Å²) in [5, 5.41) is 10.8. The van der Waals surface area contributed by atoms with Gasteiger partial charge in [-0.05, 0) is 68.0 Å². The van der Waals surface area contributed by atoms with E-state index < -0.39 is 16.1 Å². The fourth-order valence-electron chi connectivity index (χ4n) is 4.87. The van der Waals surface area contributed by atoms with Gasteiger partial charge in [0.2, 0.25) is 10.0 Å². The lowest BCUT2D eigenvalue weighted by atomic mass is 9.95. The number of hydrogen-bond donors (Lipinski definition) is 1. The first-order valence-electron chi connectivity index (χ1n) is 11.6. The topological polar surface area (TPSA) is 70.1 Å². The third kappa shape index (κ3) is 4.86. The number of likely N-dealkylation sites (tertiary alicyclic amines) is 1. The third-order valence-corrected chi connectivity index (χ3v) is 8.91. The number of sulfonamides is 1. The molecule has 1 N–H and O–H groups in total. The van der Waals surface area contributed by atoms with Gasteiger partial charge in [0.15, 0.2) is 0 Å². The number of aliphatic hydroxyl groups is 1. The molecule has 0 bridgehead atoms. The van der Waals surface area contributed by atoms with Gasteiger partial charge in [-0.25, -0.2) is 8.42 Å². The van der Waals surface area contributed by atoms with Gasteiger partial charge in [-0.1, -0.05) is 43.3 Å². The van der Waals surface area contributed by atoms with Gasteiger partial charge in [0, 0.05) is 19.1 Å². The summed E-state index contributed by atoms with van der Waals surface area (Å²) in [5.74, 6) is 1.10. The van der Waals surface area contributed by atoms with Gasteiger partial charge in [0.25, 0.3) is 0 Å². The van der Waals surface area contributed by atoms with Crippen molar-refractivity contribution in [3.63, 3.8) is 0 Å². The Morgan fingerprint density at radius 1 is 0.938 bits per heavy atom. The van der Waals surface area contributed by atoms with E-state index in [1.165, 1.54) is 20.0 Å². The molecule has 2 aliphatic rings. The molecule has 0 saturated carbocycles. The lowest BCUT2D eigenvalue weighted by molar-refractivity contribution is 0.101. The number of ether oxygens (including phenoxy) is 1. The van der Waals surface area contributed by atoms with E-state index in [1.807, 2.05) is 30.3 Å². The zero-order valence-electron chi connectivity index (χ0n) is 19.0. The quantitative estimate of drug-likeness (QED) is 0.715. The summed E-state index contributed by atoms with van der Waals surface area (Å²) in [5.41, 5.74) is 1.26. The Bertz CT molecular complexity index is 996. The van der Waals surface area contributed by atoms with Crippen molar-refractivity contribution in [2.75, 3.05) is 33.3 Å². The van der Waals surface area contributed by atoms with E-state index in [1.54, 1.807) is 22.5 Å². The molecule has 7 heteroatoms. The zero-order chi connectivity index (χ0) is 22.7. The van der Waals surface area contributed by atoms with Gasteiger partial charge in [-0.2, -0.15) is 4.31 Å². The van der Waals surface area contributed by atoms with E-state index in [0.717, 1.165) is 37.4 Å². The Morgan fingerprint density at radius 2 is 1.59 bits per heavy atom. The monoisotopic (exact) mass is 458 g/mol. The van der Waals surface area contributed by atoms with Crippen LogP contribution >= 0.6 is 0 Å². The minimum Gasteiger partial charge on any atom is -0.495 e. The average Bonchev–Trinajstić information content (AvgIpc) is 2.84. The van der Waals surface area contributed by atoms with Crippen LogP contribution in [0.25, 0.3) is 0 Å². The molecule has 0 radical (unpaired) electrons. The first-order chi connectivity index (χ1) is 15.4. The van der Waals surface area contributed by atoms with E-state index >= 15 is 0 Å². The summed E-state index contributed by atoms with van der Waals surface area (Å²) >= 11 is 0. The fraction of sp³-hybridized carbons (Fsp3) is 0.520. The summed E-state index contributed by atoms with van der Waals surface area (Å²) in [4.78, 5) is 2.67. The third-order valence-electron chi connectivity index (χ3n) is 6.99. The zero-order valence-corrected chi connectivity index (χ0v) is 19.8. The lowest BCUT2D eigenvalue weighted by Gasteiger charge is -2.41. The van der Waals surface area contributed by atoms with Crippen molar-refractivity contribution in [2.24, 2.45) is 5.92 Å². The largest absolute Gasteiger partial charge is 0.495 e. The smallest absolute Gasteiger partial charge is 0.246 e. The molecule has 0 spiro atoms. The molecule has 32 heavy (non-hydrogen) atoms. The highest BCUT2D eigenvalue weighted by atomic mass is 32.2. The second-order valence-electron chi connectivity index (χ2n) is 9.08. The molecular formula is C25H34N2O4S. The van der Waals surface area contributed by atoms with E-state index in [2.05, 4.69) is 11.8 Å². The van der Waals surface area contributed by atoms with Gasteiger partial charge in [0.1, 0.15) is 16.7 Å². The molecular weight excluding hydrogens is 424 g/mol. The maximum Gasteiger partial charge on any atom is 0.246 e. The molecule has 2 fully saturated rings. The van der Waals surface area contributed by atoms with Gasteiger partial charge < -0.3 is 14.7 Å². The van der Waals surface area contributed by atoms with Gasteiger partial charge in [-0.15, -0.1) is 0 Å². The first kappa shape index (κ1) is 23.2. The Hall–Kier alpha value is -1.93. The van der Waals surface area contributed by atoms with Crippen LogP contribution in [0.4, 0.5) is 0 Å². The predicted octanol–water partition coefficient (Wildman–Crippen LogP) is 3.66. The molecule has 6 nitrogen and oxygen atoms in total. The normalized spacial score (nSPS) is 20.8. The van der Waals surface area contributed by atoms with Crippen molar-refractivity contribution >= 4 is 10.0 Å². The van der Waals surface area contributed by atoms with Crippen LogP contribution in [-0.4, -0.2) is 62.1 Å². The molecule has 2 aliphatic heterocycles. The van der Waals surface area contributed by atoms with E-state index in [9.17, 15) is 13.5 Å². The molecule has 2 aromatic carbocycles. The van der Waals surface area contributed by atoms with Gasteiger partial charge >= 0.3 is 0 Å². The minimum atomic E-state index is -3.73. The summed E-state index contributed by atoms with van der Waals surface area (Å²) < 4.78 is 34.1. The highest BCUT2D eigenvalue weighted by Crippen LogP contribution is 2.33. The van der Waals surface area contributed by atoms with E-state index in [0.29, 0.717) is 30.4 Å². The van der Waals surface area contributed by atoms with Crippen molar-refractivity contribution in [3.05, 3.63) is 59.7 Å². The SMILES string of the molecule is COc1ccc(C(O)c2ccccc2)cc1S(=O)(=O)N1CCC(N2CCC(C)CC2)CC1. The molecule has 2 heterocycles. The van der Waals surface area contributed by atoms with Crippen molar-refractivity contribution in [1.29, 1.82) is 0 Å². The molecule has 0 aliphatic carbocycles. The minimum absolute atomic E-state index is 0.123. The van der Waals surface area contributed by atoms with Crippen LogP contribution in [0.3, 0.4) is 0 Å². The van der Waals surface area contributed by atoms with Crippen molar-refractivity contribution in [3.8, 4) is 5.75 Å². The number of rotatable bonds is 6. The van der Waals surface area contributed by atoms with Crippen molar-refractivity contribution in [1.82, 2.24) is 9.21 Å². The second kappa shape index (κ2) is 9.91. The molecule has 4 rings (SSSR count). The Morgan fingerprint density at radius 3 is 2.22 bits per heavy atom. The van der Waals surface area contributed by atoms with Crippen LogP contribution in [0.5, 0.6) is 5.75 Å². The van der Waals surface area contributed by atoms with Crippen LogP contribution < -0.4 is 4.74 Å². The van der Waals surface area contributed by atoms with E-state index in [4.69, 9.17) is 4.74 Å². The van der Waals surface area contributed by atoms with Crippen molar-refractivity contribution in [2.45, 2.75) is 49.6 Å². The number of nitrogens with zero attached hydrogens (tertiary/aromatic N) is 2. The summed E-state index contributed by atoms with van der Waals surface area (Å²) in [6.45, 7) is 5.56. The molecule has 174 valence electrons. The molecule has 2 saturated heterocycles. The Kier molecular flexibility index (Phi) is 7.20. The highest BCUT2D eigenvalue weighted by Gasteiger charge is 2.34. The highest BCUT2D eigenvalue weighted by molar-refractivity contribution is 7.89. The second-order valence-corrected chi connectivity index (χ2v) is 11.0. The van der Waals surface area contributed by atoms with Gasteiger partial charge in [-0.3, -0.25) is 0 Å². The van der Waals surface area contributed by atoms with Crippen LogP contribution in [0.2, 0.25) is 0 Å². The Balaban J connectivity index is 1.52. The Labute approximate surface area is 191 Å². The van der Waals surface area contributed by atoms with Crippen LogP contribution in [0, 0.1) is 5.92 Å². The van der Waals surface area contributed by atoms with E-state index in [-0.39, 0.29) is 4.90 Å². The number of benzene rings is 2. The molecule has 1 unspecified atom stereocenters. The summed E-state index contributed by atoms with van der Waals surface area (Å²) in [6, 6.07) is 14.6. The van der Waals surface area contributed by atoms with Crippen LogP contribution in [0.15, 0.2) is 53.4 Å². The molecule has 0 aromatic heterocycles. The summed E-state index contributed by atoms with van der Waals surface area (Å²) in [7, 11) is -2.25. The average molecular weight is 459 g/mol. The number of methoxy groups -OCH3 is 1. The maximum atomic E-state index is 13.6. The first-order valence-corrected chi connectivity index (χ1v) is 13.0. The fourth-order valence-corrected chi connectivity index (χ4v) is 6.53. The van der Waals surface area contributed by atoms with Crippen LogP contribution in [-0.2, 0) is 10.0 Å². The van der Waals surface area contributed by atoms with Gasteiger partial charge in [0.05, 0.1) is 7.11 Å². The number of aliphatic hydroxyl groups excluding tert-OH is 1.